The van der Waals surface area contributed by atoms with Gasteiger partial charge in [0.15, 0.2) is 11.5 Å². The molecule has 1 aliphatic rings. The third-order valence-electron chi connectivity index (χ3n) is 3.60. The number of hydrogen-bond acceptors (Lipinski definition) is 5. The van der Waals surface area contributed by atoms with Crippen molar-refractivity contribution in [1.29, 1.82) is 0 Å². The minimum absolute atomic E-state index is 0.0344. The molecule has 130 valence electrons. The average Bonchev–Trinajstić information content (AvgIpc) is 2.80. The van der Waals surface area contributed by atoms with E-state index in [4.69, 9.17) is 9.47 Å². The van der Waals surface area contributed by atoms with Gasteiger partial charge >= 0.3 is 6.03 Å². The van der Waals surface area contributed by atoms with E-state index in [2.05, 4.69) is 0 Å². The van der Waals surface area contributed by atoms with Crippen molar-refractivity contribution < 1.29 is 24.2 Å². The topological polar surface area (TPSA) is 79.3 Å². The highest BCUT2D eigenvalue weighted by Crippen LogP contribution is 2.28. The van der Waals surface area contributed by atoms with E-state index in [0.29, 0.717) is 11.5 Å². The zero-order valence-electron chi connectivity index (χ0n) is 14.1. The molecule has 7 nitrogen and oxygen atoms in total. The SMILES string of the molecule is C/C=C/c1ccc(OCC(O)CN2C(=O)CN(C)C2=O)c(OC)c1. The Labute approximate surface area is 141 Å². The maximum Gasteiger partial charge on any atom is 0.327 e. The molecule has 1 heterocycles. The van der Waals surface area contributed by atoms with Crippen LogP contribution < -0.4 is 9.47 Å². The number of urea groups is 1. The van der Waals surface area contributed by atoms with Crippen LogP contribution in [0.3, 0.4) is 0 Å². The van der Waals surface area contributed by atoms with Crippen LogP contribution in [0.4, 0.5) is 4.79 Å². The summed E-state index contributed by atoms with van der Waals surface area (Å²) < 4.78 is 10.8. The van der Waals surface area contributed by atoms with Gasteiger partial charge < -0.3 is 19.5 Å². The summed E-state index contributed by atoms with van der Waals surface area (Å²) in [5, 5.41) is 10.1. The summed E-state index contributed by atoms with van der Waals surface area (Å²) in [6.07, 6.45) is 2.87. The van der Waals surface area contributed by atoms with E-state index in [0.717, 1.165) is 10.5 Å². The lowest BCUT2D eigenvalue weighted by molar-refractivity contribution is -0.126. The molecule has 1 unspecified atom stereocenters. The van der Waals surface area contributed by atoms with Crippen LogP contribution in [0, 0.1) is 0 Å². The fourth-order valence-corrected chi connectivity index (χ4v) is 2.40. The van der Waals surface area contributed by atoms with Gasteiger partial charge in [0, 0.05) is 7.05 Å². The lowest BCUT2D eigenvalue weighted by Gasteiger charge is -2.19. The molecular weight excluding hydrogens is 312 g/mol. The van der Waals surface area contributed by atoms with E-state index in [1.807, 2.05) is 31.2 Å². The minimum atomic E-state index is -0.982. The number of nitrogens with zero attached hydrogens (tertiary/aromatic N) is 2. The van der Waals surface area contributed by atoms with Crippen molar-refractivity contribution >= 4 is 18.0 Å². The number of β-amino-alcohol motifs (C(OH)–C–C–N with tert-alkyl or cyclic N) is 1. The number of likely N-dealkylation sites (N-methyl/N-ethyl adjacent to an activating group) is 1. The van der Waals surface area contributed by atoms with Crippen molar-refractivity contribution in [2.75, 3.05) is 33.9 Å². The third kappa shape index (κ3) is 4.05. The first-order valence-corrected chi connectivity index (χ1v) is 7.63. The maximum atomic E-state index is 11.8. The van der Waals surface area contributed by atoms with Gasteiger partial charge in [0.05, 0.1) is 13.7 Å². The van der Waals surface area contributed by atoms with Crippen LogP contribution in [-0.2, 0) is 4.79 Å². The molecule has 1 fully saturated rings. The van der Waals surface area contributed by atoms with Crippen molar-refractivity contribution in [2.24, 2.45) is 0 Å². The highest BCUT2D eigenvalue weighted by Gasteiger charge is 2.34. The average molecular weight is 334 g/mol. The molecular formula is C17H22N2O5. The van der Waals surface area contributed by atoms with Crippen LogP contribution in [-0.4, -0.2) is 66.8 Å². The monoisotopic (exact) mass is 334 g/mol. The Morgan fingerprint density at radius 3 is 2.67 bits per heavy atom. The summed E-state index contributed by atoms with van der Waals surface area (Å²) in [7, 11) is 3.08. The van der Waals surface area contributed by atoms with Gasteiger partial charge in [-0.15, -0.1) is 0 Å². The van der Waals surface area contributed by atoms with Gasteiger partial charge in [0.25, 0.3) is 0 Å². The largest absolute Gasteiger partial charge is 0.493 e. The highest BCUT2D eigenvalue weighted by molar-refractivity contribution is 6.01. The van der Waals surface area contributed by atoms with E-state index in [9.17, 15) is 14.7 Å². The predicted octanol–water partition coefficient (Wildman–Crippen LogP) is 1.36. The minimum Gasteiger partial charge on any atom is -0.493 e. The van der Waals surface area contributed by atoms with Crippen molar-refractivity contribution in [1.82, 2.24) is 9.80 Å². The smallest absolute Gasteiger partial charge is 0.327 e. The van der Waals surface area contributed by atoms with Crippen molar-refractivity contribution in [3.8, 4) is 11.5 Å². The molecule has 1 N–H and O–H groups in total. The summed E-state index contributed by atoms with van der Waals surface area (Å²) in [6.45, 7) is 1.80. The fraction of sp³-hybridized carbons (Fsp3) is 0.412. The molecule has 1 aliphatic heterocycles. The molecule has 0 spiro atoms. The van der Waals surface area contributed by atoms with E-state index < -0.39 is 12.1 Å². The molecule has 1 saturated heterocycles. The quantitative estimate of drug-likeness (QED) is 0.762. The summed E-state index contributed by atoms with van der Waals surface area (Å²) in [5.41, 5.74) is 0.971. The molecule has 24 heavy (non-hydrogen) atoms. The molecule has 1 atom stereocenters. The third-order valence-corrected chi connectivity index (χ3v) is 3.60. The van der Waals surface area contributed by atoms with Gasteiger partial charge in [-0.2, -0.15) is 0 Å². The van der Waals surface area contributed by atoms with Crippen molar-refractivity contribution in [3.05, 3.63) is 29.8 Å². The van der Waals surface area contributed by atoms with Crippen LogP contribution >= 0.6 is 0 Å². The predicted molar refractivity (Wildman–Crippen MR) is 88.9 cm³/mol. The number of allylic oxidation sites excluding steroid dienone is 1. The molecule has 3 amide bonds. The molecule has 1 aromatic carbocycles. The Hall–Kier alpha value is -2.54. The number of aliphatic hydroxyl groups excluding tert-OH is 1. The van der Waals surface area contributed by atoms with Crippen LogP contribution in [0.25, 0.3) is 6.08 Å². The summed E-state index contributed by atoms with van der Waals surface area (Å²) in [4.78, 5) is 25.8. The standard InChI is InChI=1S/C17H22N2O5/c1-4-5-12-6-7-14(15(8-12)23-3)24-11-13(20)9-19-16(21)10-18(2)17(19)22/h4-8,13,20H,9-11H2,1-3H3/b5-4+. The van der Waals surface area contributed by atoms with Crippen molar-refractivity contribution in [3.63, 3.8) is 0 Å². The zero-order valence-corrected chi connectivity index (χ0v) is 14.1. The first-order chi connectivity index (χ1) is 11.5. The van der Waals surface area contributed by atoms with Crippen LogP contribution in [0.2, 0.25) is 0 Å². The van der Waals surface area contributed by atoms with Gasteiger partial charge in [0.2, 0.25) is 5.91 Å². The second-order valence-corrected chi connectivity index (χ2v) is 5.52. The second-order valence-electron chi connectivity index (χ2n) is 5.52. The number of carbonyl (C=O) groups excluding carboxylic acids is 2. The molecule has 2 rings (SSSR count). The number of amides is 3. The highest BCUT2D eigenvalue weighted by atomic mass is 16.5. The summed E-state index contributed by atoms with van der Waals surface area (Å²) >= 11 is 0. The van der Waals surface area contributed by atoms with Gasteiger partial charge in [-0.3, -0.25) is 9.69 Å². The van der Waals surface area contributed by atoms with E-state index in [-0.39, 0.29) is 25.6 Å². The number of rotatable bonds is 7. The Bertz CT molecular complexity index is 644. The van der Waals surface area contributed by atoms with E-state index in [1.54, 1.807) is 13.1 Å². The fourth-order valence-electron chi connectivity index (χ4n) is 2.40. The Kier molecular flexibility index (Phi) is 5.81. The zero-order chi connectivity index (χ0) is 17.7. The van der Waals surface area contributed by atoms with Crippen LogP contribution in [0.15, 0.2) is 24.3 Å². The van der Waals surface area contributed by atoms with E-state index in [1.165, 1.54) is 12.0 Å². The molecule has 0 aromatic heterocycles. The van der Waals surface area contributed by atoms with Gasteiger partial charge in [-0.1, -0.05) is 18.2 Å². The number of hydrogen-bond donors (Lipinski definition) is 1. The first-order valence-electron chi connectivity index (χ1n) is 7.63. The first kappa shape index (κ1) is 17.8. The van der Waals surface area contributed by atoms with Crippen LogP contribution in [0.1, 0.15) is 12.5 Å². The number of methoxy groups -OCH3 is 1. The van der Waals surface area contributed by atoms with Crippen molar-refractivity contribution in [2.45, 2.75) is 13.0 Å². The molecule has 1 aromatic rings. The number of ether oxygens (including phenoxy) is 2. The molecule has 0 radical (unpaired) electrons. The van der Waals surface area contributed by atoms with E-state index >= 15 is 0 Å². The molecule has 0 bridgehead atoms. The normalized spacial score (nSPS) is 16.2. The Balaban J connectivity index is 1.95. The van der Waals surface area contributed by atoms with Gasteiger partial charge in [0.1, 0.15) is 19.3 Å². The van der Waals surface area contributed by atoms with Gasteiger partial charge in [-0.25, -0.2) is 4.79 Å². The maximum absolute atomic E-state index is 11.8. The number of carbonyl (C=O) groups is 2. The number of aliphatic hydroxyl groups is 1. The lowest BCUT2D eigenvalue weighted by Crippen LogP contribution is -2.40. The molecule has 0 aliphatic carbocycles. The molecule has 7 heteroatoms. The number of benzene rings is 1. The summed E-state index contributed by atoms with van der Waals surface area (Å²) in [5.74, 6) is 0.710. The van der Waals surface area contributed by atoms with Gasteiger partial charge in [-0.05, 0) is 24.6 Å². The second kappa shape index (κ2) is 7.83. The number of imide groups is 1. The Morgan fingerprint density at radius 1 is 1.33 bits per heavy atom. The lowest BCUT2D eigenvalue weighted by atomic mass is 10.2. The Morgan fingerprint density at radius 2 is 2.08 bits per heavy atom. The summed E-state index contributed by atoms with van der Waals surface area (Å²) in [6, 6.07) is 5.03. The van der Waals surface area contributed by atoms with Crippen LogP contribution in [0.5, 0.6) is 11.5 Å². The molecule has 0 saturated carbocycles.